The van der Waals surface area contributed by atoms with E-state index in [-0.39, 0.29) is 17.4 Å². The average Bonchev–Trinajstić information content (AvgIpc) is 2.72. The van der Waals surface area contributed by atoms with E-state index in [0.717, 1.165) is 5.39 Å². The molecule has 2 aromatic carbocycles. The minimum atomic E-state index is -0.986. The fourth-order valence-corrected chi connectivity index (χ4v) is 3.95. The quantitative estimate of drug-likeness (QED) is 0.452. The van der Waals surface area contributed by atoms with E-state index in [1.54, 1.807) is 46.8 Å². The van der Waals surface area contributed by atoms with E-state index >= 15 is 0 Å². The van der Waals surface area contributed by atoms with Gasteiger partial charge in [-0.1, -0.05) is 38.1 Å². The standard InChI is InChI=1S/C27H35NO7/c1-15(2)20(28-25(31)35-26(4,5)6)24(30)33-22-18-12-10-9-11-17(18)21-19(23(22)32-16(3)29)13-14-27(7,8)34-21/h9-12,15,20H,13-14H2,1-8H3,(H,28,31). The highest BCUT2D eigenvalue weighted by Crippen LogP contribution is 2.50. The minimum Gasteiger partial charge on any atom is -0.487 e. The summed E-state index contributed by atoms with van der Waals surface area (Å²) in [6.07, 6.45) is 0.540. The van der Waals surface area contributed by atoms with Crippen molar-refractivity contribution < 1.29 is 33.3 Å². The monoisotopic (exact) mass is 485 g/mol. The zero-order valence-electron chi connectivity index (χ0n) is 21.7. The molecule has 0 saturated heterocycles. The zero-order chi connectivity index (χ0) is 26.1. The van der Waals surface area contributed by atoms with E-state index in [4.69, 9.17) is 18.9 Å². The van der Waals surface area contributed by atoms with Gasteiger partial charge in [-0.2, -0.15) is 0 Å². The first-order valence-electron chi connectivity index (χ1n) is 11.8. The summed E-state index contributed by atoms with van der Waals surface area (Å²) in [6.45, 7) is 14.1. The van der Waals surface area contributed by atoms with Crippen molar-refractivity contribution in [3.8, 4) is 17.2 Å². The Hall–Kier alpha value is -3.29. The van der Waals surface area contributed by atoms with Crippen LogP contribution in [0.15, 0.2) is 24.3 Å². The SMILES string of the molecule is CC(=O)Oc1c2c(c3ccccc3c1OC(=O)C(NC(=O)OC(C)(C)C)C(C)C)OC(C)(C)CC2. The lowest BCUT2D eigenvalue weighted by atomic mass is 9.91. The van der Waals surface area contributed by atoms with Crippen LogP contribution in [-0.4, -0.2) is 35.3 Å². The molecule has 0 spiro atoms. The number of amides is 1. The van der Waals surface area contributed by atoms with E-state index in [2.05, 4.69) is 5.32 Å². The number of carbonyl (C=O) groups excluding carboxylic acids is 3. The molecule has 0 saturated carbocycles. The lowest BCUT2D eigenvalue weighted by Gasteiger charge is -2.34. The number of hydrogen-bond acceptors (Lipinski definition) is 7. The van der Waals surface area contributed by atoms with Gasteiger partial charge in [-0.3, -0.25) is 4.79 Å². The van der Waals surface area contributed by atoms with Gasteiger partial charge in [0, 0.05) is 23.3 Å². The number of benzene rings is 2. The maximum absolute atomic E-state index is 13.3. The number of fused-ring (bicyclic) bond motifs is 3. The lowest BCUT2D eigenvalue weighted by Crippen LogP contribution is -2.48. The highest BCUT2D eigenvalue weighted by molar-refractivity contribution is 6.00. The number of ether oxygens (including phenoxy) is 4. The van der Waals surface area contributed by atoms with Gasteiger partial charge in [-0.25, -0.2) is 9.59 Å². The first-order valence-corrected chi connectivity index (χ1v) is 11.8. The Morgan fingerprint density at radius 1 is 1.03 bits per heavy atom. The van der Waals surface area contributed by atoms with Crippen LogP contribution in [0.4, 0.5) is 4.79 Å². The van der Waals surface area contributed by atoms with Gasteiger partial charge in [-0.15, -0.1) is 0 Å². The van der Waals surface area contributed by atoms with Crippen LogP contribution < -0.4 is 19.5 Å². The van der Waals surface area contributed by atoms with Crippen LogP contribution in [-0.2, 0) is 20.7 Å². The van der Waals surface area contributed by atoms with Gasteiger partial charge >= 0.3 is 18.0 Å². The summed E-state index contributed by atoms with van der Waals surface area (Å²) in [4.78, 5) is 37.8. The second-order valence-corrected chi connectivity index (χ2v) is 10.8. The molecule has 1 aliphatic heterocycles. The maximum Gasteiger partial charge on any atom is 0.408 e. The summed E-state index contributed by atoms with van der Waals surface area (Å²) >= 11 is 0. The minimum absolute atomic E-state index is 0.125. The van der Waals surface area contributed by atoms with Crippen molar-refractivity contribution in [3.63, 3.8) is 0 Å². The third-order valence-corrected chi connectivity index (χ3v) is 5.57. The molecule has 0 aromatic heterocycles. The Balaban J connectivity index is 2.08. The fourth-order valence-electron chi connectivity index (χ4n) is 3.95. The smallest absolute Gasteiger partial charge is 0.408 e. The number of hydrogen-bond donors (Lipinski definition) is 1. The molecule has 190 valence electrons. The van der Waals surface area contributed by atoms with Gasteiger partial charge in [0.25, 0.3) is 0 Å². The van der Waals surface area contributed by atoms with Crippen molar-refractivity contribution >= 4 is 28.8 Å². The van der Waals surface area contributed by atoms with Gasteiger partial charge in [0.2, 0.25) is 0 Å². The molecular weight excluding hydrogens is 450 g/mol. The summed E-state index contributed by atoms with van der Waals surface area (Å²) in [5.74, 6) is -0.631. The van der Waals surface area contributed by atoms with Crippen molar-refractivity contribution in [1.82, 2.24) is 5.32 Å². The second-order valence-electron chi connectivity index (χ2n) is 10.8. The van der Waals surface area contributed by atoms with Crippen molar-refractivity contribution in [3.05, 3.63) is 29.8 Å². The molecule has 0 radical (unpaired) electrons. The van der Waals surface area contributed by atoms with Crippen molar-refractivity contribution in [1.29, 1.82) is 0 Å². The summed E-state index contributed by atoms with van der Waals surface area (Å²) in [7, 11) is 0. The number of carbonyl (C=O) groups is 3. The van der Waals surface area contributed by atoms with Crippen LogP contribution in [0.25, 0.3) is 10.8 Å². The third kappa shape index (κ3) is 6.24. The van der Waals surface area contributed by atoms with E-state index < -0.39 is 35.3 Å². The second kappa shape index (κ2) is 9.76. The Kier molecular flexibility index (Phi) is 7.34. The normalized spacial score (nSPS) is 15.6. The molecule has 1 atom stereocenters. The molecule has 0 fully saturated rings. The van der Waals surface area contributed by atoms with Gasteiger partial charge in [0.15, 0.2) is 11.5 Å². The Morgan fingerprint density at radius 2 is 1.66 bits per heavy atom. The maximum atomic E-state index is 13.3. The molecule has 1 unspecified atom stereocenters. The molecule has 3 rings (SSSR count). The predicted octanol–water partition coefficient (Wildman–Crippen LogP) is 5.32. The van der Waals surface area contributed by atoms with Crippen LogP contribution >= 0.6 is 0 Å². The number of rotatable bonds is 5. The third-order valence-electron chi connectivity index (χ3n) is 5.57. The molecule has 8 nitrogen and oxygen atoms in total. The number of alkyl carbamates (subject to hydrolysis) is 1. The Bertz CT molecular complexity index is 1140. The molecule has 8 heteroatoms. The van der Waals surface area contributed by atoms with Crippen LogP contribution in [0.2, 0.25) is 0 Å². The molecular formula is C27H35NO7. The summed E-state index contributed by atoms with van der Waals surface area (Å²) in [6, 6.07) is 6.34. The van der Waals surface area contributed by atoms with Crippen LogP contribution in [0.5, 0.6) is 17.2 Å². The Labute approximate surface area is 206 Å². The van der Waals surface area contributed by atoms with Gasteiger partial charge in [0.05, 0.1) is 0 Å². The number of nitrogens with one attached hydrogen (secondary N) is 1. The van der Waals surface area contributed by atoms with E-state index in [1.165, 1.54) is 6.92 Å². The van der Waals surface area contributed by atoms with E-state index in [1.807, 2.05) is 26.0 Å². The Morgan fingerprint density at radius 3 is 2.23 bits per heavy atom. The molecule has 0 bridgehead atoms. The first kappa shape index (κ1) is 26.3. The molecule has 1 amide bonds. The van der Waals surface area contributed by atoms with E-state index in [9.17, 15) is 14.4 Å². The molecule has 1 heterocycles. The zero-order valence-corrected chi connectivity index (χ0v) is 21.7. The molecule has 1 aliphatic rings. The highest BCUT2D eigenvalue weighted by atomic mass is 16.6. The molecule has 0 aliphatic carbocycles. The highest BCUT2D eigenvalue weighted by Gasteiger charge is 2.35. The van der Waals surface area contributed by atoms with Crippen LogP contribution in [0.3, 0.4) is 0 Å². The molecule has 35 heavy (non-hydrogen) atoms. The fraction of sp³-hybridized carbons (Fsp3) is 0.519. The molecule has 2 aromatic rings. The summed E-state index contributed by atoms with van der Waals surface area (Å²) < 4.78 is 23.1. The predicted molar refractivity (Wildman–Crippen MR) is 132 cm³/mol. The first-order chi connectivity index (χ1) is 16.2. The topological polar surface area (TPSA) is 100 Å². The average molecular weight is 486 g/mol. The van der Waals surface area contributed by atoms with Crippen LogP contribution in [0.1, 0.15) is 67.4 Å². The summed E-state index contributed by atoms with van der Waals surface area (Å²) in [5.41, 5.74) is -0.454. The van der Waals surface area contributed by atoms with Gasteiger partial charge in [0.1, 0.15) is 23.0 Å². The van der Waals surface area contributed by atoms with Crippen molar-refractivity contribution in [2.24, 2.45) is 5.92 Å². The van der Waals surface area contributed by atoms with Crippen molar-refractivity contribution in [2.45, 2.75) is 85.5 Å². The van der Waals surface area contributed by atoms with Crippen molar-refractivity contribution in [2.75, 3.05) is 0 Å². The molecule has 1 N–H and O–H groups in total. The number of esters is 2. The lowest BCUT2D eigenvalue weighted by molar-refractivity contribution is -0.139. The summed E-state index contributed by atoms with van der Waals surface area (Å²) in [5, 5.41) is 3.92. The van der Waals surface area contributed by atoms with Crippen LogP contribution in [0, 0.1) is 5.92 Å². The van der Waals surface area contributed by atoms with E-state index in [0.29, 0.717) is 29.5 Å². The largest absolute Gasteiger partial charge is 0.487 e. The van der Waals surface area contributed by atoms with Gasteiger partial charge in [-0.05, 0) is 53.4 Å². The van der Waals surface area contributed by atoms with Gasteiger partial charge < -0.3 is 24.3 Å².